The molecular weight excluding hydrogens is 460 g/mol. The second-order valence-electron chi connectivity index (χ2n) is 7.17. The highest BCUT2D eigenvalue weighted by atomic mass is 32.2. The Balaban J connectivity index is 1.25. The number of H-pyrrole nitrogens is 1. The number of carbonyl (C=O) groups excluding carboxylic acids is 1. The van der Waals surface area contributed by atoms with Crippen LogP contribution < -0.4 is 19.5 Å². The molecule has 0 saturated carbocycles. The van der Waals surface area contributed by atoms with Gasteiger partial charge in [-0.05, 0) is 48.5 Å². The number of benzene rings is 2. The molecule has 0 unspecified atom stereocenters. The molecule has 1 aliphatic rings. The van der Waals surface area contributed by atoms with E-state index >= 15 is 0 Å². The summed E-state index contributed by atoms with van der Waals surface area (Å²) in [4.78, 5) is 20.9. The number of nitrogens with zero attached hydrogens (tertiary/aromatic N) is 3. The van der Waals surface area contributed by atoms with Crippen LogP contribution in [0.1, 0.15) is 10.4 Å². The quantitative estimate of drug-likeness (QED) is 0.383. The van der Waals surface area contributed by atoms with E-state index in [1.54, 1.807) is 24.4 Å². The maximum Gasteiger partial charge on any atom is 0.262 e. The number of amides is 1. The van der Waals surface area contributed by atoms with Crippen LogP contribution in [0.25, 0.3) is 11.5 Å². The topological polar surface area (TPSA) is 148 Å². The number of sulfonamides is 1. The summed E-state index contributed by atoms with van der Waals surface area (Å²) in [5, 5.41) is 9.27. The van der Waals surface area contributed by atoms with Crippen molar-refractivity contribution in [2.45, 2.75) is 4.90 Å². The van der Waals surface area contributed by atoms with Gasteiger partial charge in [0.15, 0.2) is 17.3 Å². The van der Waals surface area contributed by atoms with Crippen LogP contribution in [-0.2, 0) is 10.0 Å². The molecular formula is C22H18N6O5S. The van der Waals surface area contributed by atoms with Crippen LogP contribution in [0.2, 0.25) is 0 Å². The summed E-state index contributed by atoms with van der Waals surface area (Å²) >= 11 is 0. The Morgan fingerprint density at radius 3 is 2.53 bits per heavy atom. The van der Waals surface area contributed by atoms with Gasteiger partial charge in [-0.15, -0.1) is 5.10 Å². The average molecular weight is 478 g/mol. The zero-order valence-corrected chi connectivity index (χ0v) is 18.4. The van der Waals surface area contributed by atoms with Crippen LogP contribution >= 0.6 is 0 Å². The van der Waals surface area contributed by atoms with E-state index in [9.17, 15) is 13.2 Å². The Labute approximate surface area is 194 Å². The molecule has 5 rings (SSSR count). The number of ether oxygens (including phenoxy) is 2. The number of pyridine rings is 1. The molecule has 3 heterocycles. The molecule has 0 fully saturated rings. The van der Waals surface area contributed by atoms with E-state index in [2.05, 4.69) is 30.2 Å². The van der Waals surface area contributed by atoms with E-state index in [4.69, 9.17) is 9.47 Å². The van der Waals surface area contributed by atoms with Crippen LogP contribution in [0.3, 0.4) is 0 Å². The minimum absolute atomic E-state index is 0.0342. The van der Waals surface area contributed by atoms with Crippen molar-refractivity contribution < 1.29 is 22.7 Å². The fraction of sp³-hybridized carbons (Fsp3) is 0.0909. The Kier molecular flexibility index (Phi) is 5.55. The molecule has 11 nitrogen and oxygen atoms in total. The van der Waals surface area contributed by atoms with Crippen LogP contribution in [-0.4, -0.2) is 47.7 Å². The maximum atomic E-state index is 12.8. The number of carbonyl (C=O) groups is 1. The van der Waals surface area contributed by atoms with Gasteiger partial charge in [-0.25, -0.2) is 8.42 Å². The standard InChI is InChI=1S/C22H18N6O5S/c29-21(25-22-24-20(26-27-22)17-3-1-2-10-23-17)14-4-6-15(7-5-14)28-34(30,31)16-8-9-18-19(13-16)33-12-11-32-18/h1-10,13,28H,11-12H2,(H2,24,25,26,27,29). The van der Waals surface area contributed by atoms with Gasteiger partial charge in [0.25, 0.3) is 15.9 Å². The van der Waals surface area contributed by atoms with Crippen molar-refractivity contribution in [1.29, 1.82) is 0 Å². The predicted octanol–water partition coefficient (Wildman–Crippen LogP) is 2.69. The maximum absolute atomic E-state index is 12.8. The third-order valence-corrected chi connectivity index (χ3v) is 6.22. The SMILES string of the molecule is O=C(Nc1n[nH]c(-c2ccccn2)n1)c1ccc(NS(=O)(=O)c2ccc3c(c2)OCCO3)cc1. The number of anilines is 2. The highest BCUT2D eigenvalue weighted by molar-refractivity contribution is 7.92. The van der Waals surface area contributed by atoms with E-state index in [-0.39, 0.29) is 10.8 Å². The average Bonchev–Trinajstić information content (AvgIpc) is 3.33. The fourth-order valence-corrected chi connectivity index (χ4v) is 4.28. The first-order chi connectivity index (χ1) is 16.5. The third kappa shape index (κ3) is 4.52. The van der Waals surface area contributed by atoms with Gasteiger partial charge < -0.3 is 9.47 Å². The molecule has 0 atom stereocenters. The van der Waals surface area contributed by atoms with Gasteiger partial charge in [0, 0.05) is 23.5 Å². The molecule has 34 heavy (non-hydrogen) atoms. The van der Waals surface area contributed by atoms with Gasteiger partial charge in [-0.1, -0.05) is 6.07 Å². The van der Waals surface area contributed by atoms with Gasteiger partial charge in [-0.3, -0.25) is 24.9 Å². The van der Waals surface area contributed by atoms with Crippen molar-refractivity contribution in [2.75, 3.05) is 23.3 Å². The van der Waals surface area contributed by atoms with Crippen LogP contribution in [0.5, 0.6) is 11.5 Å². The van der Waals surface area contributed by atoms with E-state index in [0.717, 1.165) is 0 Å². The summed E-state index contributed by atoms with van der Waals surface area (Å²) in [6.07, 6.45) is 1.62. The highest BCUT2D eigenvalue weighted by Crippen LogP contribution is 2.32. The lowest BCUT2D eigenvalue weighted by Crippen LogP contribution is -2.17. The molecule has 1 aliphatic heterocycles. The van der Waals surface area contributed by atoms with Crippen molar-refractivity contribution in [2.24, 2.45) is 0 Å². The molecule has 1 amide bonds. The summed E-state index contributed by atoms with van der Waals surface area (Å²) < 4.78 is 38.9. The lowest BCUT2D eigenvalue weighted by atomic mass is 10.2. The molecule has 0 saturated heterocycles. The number of nitrogens with one attached hydrogen (secondary N) is 3. The minimum atomic E-state index is -3.87. The first-order valence-corrected chi connectivity index (χ1v) is 11.6. The highest BCUT2D eigenvalue weighted by Gasteiger charge is 2.20. The second kappa shape index (κ2) is 8.83. The number of hydrogen-bond donors (Lipinski definition) is 3. The van der Waals surface area contributed by atoms with Crippen molar-refractivity contribution in [1.82, 2.24) is 20.2 Å². The number of aromatic nitrogens is 4. The van der Waals surface area contributed by atoms with Crippen LogP contribution in [0.4, 0.5) is 11.6 Å². The van der Waals surface area contributed by atoms with Crippen LogP contribution in [0.15, 0.2) is 71.8 Å². The van der Waals surface area contributed by atoms with Gasteiger partial charge in [0.05, 0.1) is 4.90 Å². The largest absolute Gasteiger partial charge is 0.486 e. The molecule has 0 spiro atoms. The normalized spacial score (nSPS) is 12.7. The first-order valence-electron chi connectivity index (χ1n) is 10.2. The monoisotopic (exact) mass is 478 g/mol. The number of hydrogen-bond acceptors (Lipinski definition) is 8. The summed E-state index contributed by atoms with van der Waals surface area (Å²) in [6.45, 7) is 0.768. The summed E-state index contributed by atoms with van der Waals surface area (Å²) in [7, 11) is -3.87. The predicted molar refractivity (Wildman–Crippen MR) is 122 cm³/mol. The lowest BCUT2D eigenvalue weighted by Gasteiger charge is -2.19. The Hall–Kier alpha value is -4.45. The summed E-state index contributed by atoms with van der Waals surface area (Å²) in [6, 6.07) is 15.7. The van der Waals surface area contributed by atoms with Gasteiger partial charge in [0.1, 0.15) is 18.9 Å². The zero-order chi connectivity index (χ0) is 23.5. The Morgan fingerprint density at radius 1 is 0.971 bits per heavy atom. The molecule has 0 radical (unpaired) electrons. The Morgan fingerprint density at radius 2 is 1.76 bits per heavy atom. The second-order valence-corrected chi connectivity index (χ2v) is 8.85. The molecule has 3 N–H and O–H groups in total. The van der Waals surface area contributed by atoms with Crippen molar-refractivity contribution >= 4 is 27.6 Å². The number of fused-ring (bicyclic) bond motifs is 1. The lowest BCUT2D eigenvalue weighted by molar-refractivity contribution is 0.102. The third-order valence-electron chi connectivity index (χ3n) is 4.84. The smallest absolute Gasteiger partial charge is 0.262 e. The minimum Gasteiger partial charge on any atom is -0.486 e. The molecule has 172 valence electrons. The van der Waals surface area contributed by atoms with Crippen molar-refractivity contribution in [3.63, 3.8) is 0 Å². The zero-order valence-electron chi connectivity index (χ0n) is 17.6. The molecule has 0 aliphatic carbocycles. The van der Waals surface area contributed by atoms with Crippen LogP contribution in [0, 0.1) is 0 Å². The molecule has 0 bridgehead atoms. The first kappa shape index (κ1) is 21.4. The molecule has 12 heteroatoms. The van der Waals surface area contributed by atoms with Crippen molar-refractivity contribution in [3.05, 3.63) is 72.4 Å². The Bertz CT molecular complexity index is 1440. The molecule has 4 aromatic rings. The number of aromatic amines is 1. The van der Waals surface area contributed by atoms with Gasteiger partial charge >= 0.3 is 0 Å². The summed E-state index contributed by atoms with van der Waals surface area (Å²) in [5.41, 5.74) is 1.18. The van der Waals surface area contributed by atoms with Crippen molar-refractivity contribution in [3.8, 4) is 23.0 Å². The number of rotatable bonds is 6. The van der Waals surface area contributed by atoms with E-state index in [1.165, 1.54) is 36.4 Å². The van der Waals surface area contributed by atoms with Gasteiger partial charge in [0.2, 0.25) is 5.95 Å². The van der Waals surface area contributed by atoms with E-state index < -0.39 is 15.9 Å². The molecule has 2 aromatic heterocycles. The summed E-state index contributed by atoms with van der Waals surface area (Å²) in [5.74, 6) is 0.931. The molecule has 2 aromatic carbocycles. The van der Waals surface area contributed by atoms with E-state index in [0.29, 0.717) is 47.5 Å². The van der Waals surface area contributed by atoms with E-state index in [1.807, 2.05) is 6.07 Å². The fourth-order valence-electron chi connectivity index (χ4n) is 3.20. The van der Waals surface area contributed by atoms with Gasteiger partial charge in [-0.2, -0.15) is 4.98 Å².